The van der Waals surface area contributed by atoms with E-state index in [1.54, 1.807) is 0 Å². The van der Waals surface area contributed by atoms with E-state index < -0.39 is 0 Å². The van der Waals surface area contributed by atoms with E-state index in [1.165, 1.54) is 6.42 Å². The molecular weight excluding hydrogens is 352 g/mol. The van der Waals surface area contributed by atoms with E-state index in [-0.39, 0.29) is 12.6 Å². The fourth-order valence-electron chi connectivity index (χ4n) is 4.11. The molecule has 2 aliphatic heterocycles. The Kier molecular flexibility index (Phi) is 4.15. The molecule has 0 amide bonds. The number of benzene rings is 2. The second-order valence-corrected chi connectivity index (χ2v) is 7.54. The monoisotopic (exact) mass is 375 g/mol. The van der Waals surface area contributed by atoms with Crippen LogP contribution < -0.4 is 19.4 Å². The smallest absolute Gasteiger partial charge is 0.231 e. The summed E-state index contributed by atoms with van der Waals surface area (Å²) in [5.41, 5.74) is 4.50. The highest BCUT2D eigenvalue weighted by atomic mass is 16.7. The van der Waals surface area contributed by atoms with E-state index in [1.807, 2.05) is 49.5 Å². The van der Waals surface area contributed by atoms with Gasteiger partial charge in [-0.1, -0.05) is 29.8 Å². The number of carbonyl (C=O) groups excluding carboxylic acids is 1. The van der Waals surface area contributed by atoms with Crippen molar-refractivity contribution in [1.29, 1.82) is 0 Å². The third kappa shape index (κ3) is 2.87. The summed E-state index contributed by atoms with van der Waals surface area (Å²) in [6.07, 6.45) is 5.36. The zero-order valence-electron chi connectivity index (χ0n) is 16.0. The Bertz CT molecular complexity index is 1050. The molecule has 1 saturated heterocycles. The van der Waals surface area contributed by atoms with E-state index in [0.29, 0.717) is 11.1 Å². The second-order valence-electron chi connectivity index (χ2n) is 7.54. The van der Waals surface area contributed by atoms with Gasteiger partial charge in [0, 0.05) is 24.7 Å². The molecule has 0 bridgehead atoms. The van der Waals surface area contributed by atoms with Crippen LogP contribution in [-0.2, 0) is 0 Å². The van der Waals surface area contributed by atoms with Crippen LogP contribution in [0.4, 0.5) is 5.69 Å². The van der Waals surface area contributed by atoms with Gasteiger partial charge in [-0.15, -0.1) is 0 Å². The van der Waals surface area contributed by atoms with Gasteiger partial charge >= 0.3 is 0 Å². The first-order valence-corrected chi connectivity index (χ1v) is 9.85. The number of ketones is 1. The van der Waals surface area contributed by atoms with Crippen LogP contribution in [0.15, 0.2) is 42.6 Å². The van der Waals surface area contributed by atoms with Crippen LogP contribution in [0.3, 0.4) is 0 Å². The van der Waals surface area contributed by atoms with Gasteiger partial charge in [-0.25, -0.2) is 4.98 Å². The minimum atomic E-state index is 0.0383. The minimum Gasteiger partial charge on any atom is -0.454 e. The zero-order valence-corrected chi connectivity index (χ0v) is 16.0. The van der Waals surface area contributed by atoms with E-state index >= 15 is 0 Å². The normalized spacial score (nSPS) is 15.8. The van der Waals surface area contributed by atoms with Crippen LogP contribution in [0.25, 0.3) is 10.9 Å². The van der Waals surface area contributed by atoms with Gasteiger partial charge in [0.05, 0.1) is 17.1 Å². The van der Waals surface area contributed by atoms with Crippen LogP contribution in [0, 0.1) is 6.92 Å². The predicted octanol–water partition coefficient (Wildman–Crippen LogP) is 3.91. The van der Waals surface area contributed by atoms with Gasteiger partial charge < -0.3 is 14.4 Å². The number of pyridine rings is 1. The predicted molar refractivity (Wildman–Crippen MR) is 107 cm³/mol. The Morgan fingerprint density at radius 2 is 1.71 bits per heavy atom. The highest BCUT2D eigenvalue weighted by molar-refractivity contribution is 6.15. The van der Waals surface area contributed by atoms with Crippen molar-refractivity contribution in [2.45, 2.75) is 26.2 Å². The number of anilines is 1. The standard InChI is InChI=1S/C23H22N2O3/c1-15-5-7-16(8-6-15)23(26)18-13-24-19-12-21-20(27-14-28-21)11-17(19)22(18)25-9-3-2-4-10-25/h5-8,11-13H,2-4,9-10,14H2,1H3/p+1. The molecule has 0 atom stereocenters. The Hall–Kier alpha value is -3.08. The van der Waals surface area contributed by atoms with Crippen molar-refractivity contribution in [3.8, 4) is 11.5 Å². The molecule has 0 spiro atoms. The van der Waals surface area contributed by atoms with Gasteiger partial charge in [-0.05, 0) is 26.2 Å². The molecule has 142 valence electrons. The topological polar surface area (TPSA) is 52.9 Å². The van der Waals surface area contributed by atoms with E-state index in [4.69, 9.17) is 9.47 Å². The summed E-state index contributed by atoms with van der Waals surface area (Å²) in [5.74, 6) is 1.52. The van der Waals surface area contributed by atoms with Crippen LogP contribution in [-0.4, -0.2) is 25.7 Å². The number of nitrogens with zero attached hydrogens (tertiary/aromatic N) is 1. The average molecular weight is 375 g/mol. The number of nitrogens with one attached hydrogen (secondary N) is 1. The number of hydrogen-bond acceptors (Lipinski definition) is 4. The molecule has 2 aromatic carbocycles. The first-order chi connectivity index (χ1) is 13.7. The SMILES string of the molecule is Cc1ccc(C(=O)c2c[nH+]c3cc4c(cc3c2N2CCCCC2)OCO4)cc1. The molecule has 3 aromatic rings. The zero-order chi connectivity index (χ0) is 19.1. The lowest BCUT2D eigenvalue weighted by Gasteiger charge is -2.30. The lowest BCUT2D eigenvalue weighted by molar-refractivity contribution is -0.344. The number of fused-ring (bicyclic) bond motifs is 2. The number of piperidine rings is 1. The summed E-state index contributed by atoms with van der Waals surface area (Å²) in [6.45, 7) is 4.18. The summed E-state index contributed by atoms with van der Waals surface area (Å²) >= 11 is 0. The van der Waals surface area contributed by atoms with Crippen molar-refractivity contribution in [1.82, 2.24) is 0 Å². The van der Waals surface area contributed by atoms with Crippen molar-refractivity contribution in [3.05, 3.63) is 59.3 Å². The molecule has 3 heterocycles. The molecule has 5 nitrogen and oxygen atoms in total. The Labute approximate surface area is 163 Å². The third-order valence-corrected chi connectivity index (χ3v) is 5.63. The van der Waals surface area contributed by atoms with Crippen molar-refractivity contribution < 1.29 is 19.3 Å². The number of carbonyl (C=O) groups is 1. The number of aryl methyl sites for hydroxylation is 1. The maximum atomic E-state index is 13.4. The number of ether oxygens (including phenoxy) is 2. The molecule has 5 heteroatoms. The number of aromatic amines is 1. The number of hydrogen-bond donors (Lipinski definition) is 0. The summed E-state index contributed by atoms with van der Waals surface area (Å²) in [6, 6.07) is 11.7. The van der Waals surface area contributed by atoms with E-state index in [9.17, 15) is 4.79 Å². The molecule has 0 saturated carbocycles. The average Bonchev–Trinajstić information content (AvgIpc) is 3.19. The Balaban J connectivity index is 1.70. The first-order valence-electron chi connectivity index (χ1n) is 9.85. The molecule has 28 heavy (non-hydrogen) atoms. The molecule has 1 aromatic heterocycles. The summed E-state index contributed by atoms with van der Waals surface area (Å²) in [5, 5.41) is 1.00. The molecule has 2 aliphatic rings. The van der Waals surface area contributed by atoms with Crippen LogP contribution >= 0.6 is 0 Å². The van der Waals surface area contributed by atoms with Crippen molar-refractivity contribution in [3.63, 3.8) is 0 Å². The maximum Gasteiger partial charge on any atom is 0.231 e. The molecule has 5 rings (SSSR count). The fourth-order valence-corrected chi connectivity index (χ4v) is 4.11. The minimum absolute atomic E-state index is 0.0383. The molecule has 0 radical (unpaired) electrons. The molecule has 1 fully saturated rings. The van der Waals surface area contributed by atoms with E-state index in [0.717, 1.165) is 59.6 Å². The van der Waals surface area contributed by atoms with Gasteiger partial charge in [0.25, 0.3) is 0 Å². The molecule has 1 N–H and O–H groups in total. The maximum absolute atomic E-state index is 13.4. The largest absolute Gasteiger partial charge is 0.454 e. The Morgan fingerprint density at radius 1 is 1.00 bits per heavy atom. The summed E-state index contributed by atoms with van der Waals surface area (Å²) < 4.78 is 11.1. The Morgan fingerprint density at radius 3 is 2.46 bits per heavy atom. The quantitative estimate of drug-likeness (QED) is 0.651. The van der Waals surface area contributed by atoms with Crippen LogP contribution in [0.5, 0.6) is 11.5 Å². The number of rotatable bonds is 3. The second kappa shape index (κ2) is 6.82. The lowest BCUT2D eigenvalue weighted by atomic mass is 9.97. The highest BCUT2D eigenvalue weighted by Crippen LogP contribution is 2.40. The third-order valence-electron chi connectivity index (χ3n) is 5.63. The summed E-state index contributed by atoms with van der Waals surface area (Å²) in [7, 11) is 0. The van der Waals surface area contributed by atoms with Gasteiger partial charge in [-0.3, -0.25) is 4.79 Å². The number of H-pyrrole nitrogens is 1. The molecular formula is C23H23N2O3+. The summed E-state index contributed by atoms with van der Waals surface area (Å²) in [4.78, 5) is 19.1. The van der Waals surface area contributed by atoms with Gasteiger partial charge in [0.15, 0.2) is 17.7 Å². The van der Waals surface area contributed by atoms with Gasteiger partial charge in [-0.2, -0.15) is 0 Å². The van der Waals surface area contributed by atoms with Crippen molar-refractivity contribution in [2.75, 3.05) is 24.8 Å². The first kappa shape index (κ1) is 17.0. The van der Waals surface area contributed by atoms with Gasteiger partial charge in [0.2, 0.25) is 18.1 Å². The molecule has 0 unspecified atom stereocenters. The van der Waals surface area contributed by atoms with Crippen LogP contribution in [0.1, 0.15) is 40.7 Å². The van der Waals surface area contributed by atoms with Crippen molar-refractivity contribution in [2.24, 2.45) is 0 Å². The highest BCUT2D eigenvalue weighted by Gasteiger charge is 2.27. The lowest BCUT2D eigenvalue weighted by Crippen LogP contribution is -2.32. The van der Waals surface area contributed by atoms with Crippen LogP contribution in [0.2, 0.25) is 0 Å². The van der Waals surface area contributed by atoms with E-state index in [2.05, 4.69) is 9.88 Å². The molecule has 0 aliphatic carbocycles. The fraction of sp³-hybridized carbons (Fsp3) is 0.304. The number of aromatic nitrogens is 1. The van der Waals surface area contributed by atoms with Gasteiger partial charge in [0.1, 0.15) is 5.56 Å². The van der Waals surface area contributed by atoms with Crippen molar-refractivity contribution >= 4 is 22.4 Å².